The molecule has 7 nitrogen and oxygen atoms in total. The van der Waals surface area contributed by atoms with Crippen LogP contribution in [0.5, 0.6) is 11.6 Å². The number of rotatable bonds is 9. The molecule has 1 unspecified atom stereocenters. The van der Waals surface area contributed by atoms with Crippen LogP contribution < -0.4 is 9.47 Å². The first-order valence-corrected chi connectivity index (χ1v) is 12.1. The molecule has 1 aliphatic carbocycles. The van der Waals surface area contributed by atoms with Crippen molar-refractivity contribution in [2.45, 2.75) is 25.4 Å². The van der Waals surface area contributed by atoms with Crippen molar-refractivity contribution in [1.29, 1.82) is 0 Å². The fourth-order valence-corrected chi connectivity index (χ4v) is 4.49. The number of aromatic nitrogens is 3. The van der Waals surface area contributed by atoms with E-state index in [0.29, 0.717) is 22.5 Å². The predicted octanol–water partition coefficient (Wildman–Crippen LogP) is 5.25. The van der Waals surface area contributed by atoms with Crippen LogP contribution >= 0.6 is 15.9 Å². The van der Waals surface area contributed by atoms with E-state index in [0.717, 1.165) is 22.4 Å². The number of benzene rings is 2. The largest absolute Gasteiger partial charge is 0.493 e. The molecule has 0 radical (unpaired) electrons. The Morgan fingerprint density at radius 1 is 1.20 bits per heavy atom. The van der Waals surface area contributed by atoms with Gasteiger partial charge in [0, 0.05) is 18.2 Å². The molecule has 1 saturated carbocycles. The molecule has 2 aromatic heterocycles. The molecule has 1 fully saturated rings. The number of para-hydroxylation sites is 1. The second-order valence-electron chi connectivity index (χ2n) is 8.42. The maximum Gasteiger partial charge on any atom is 0.347 e. The molecule has 1 aliphatic rings. The Morgan fingerprint density at radius 2 is 1.97 bits per heavy atom. The maximum absolute atomic E-state index is 13.4. The van der Waals surface area contributed by atoms with Crippen molar-refractivity contribution in [3.05, 3.63) is 76.9 Å². The fourth-order valence-electron chi connectivity index (χ4n) is 3.81. The average Bonchev–Trinajstić information content (AvgIpc) is 3.65. The molecule has 0 N–H and O–H groups in total. The summed E-state index contributed by atoms with van der Waals surface area (Å²) in [6.07, 6.45) is 4.80. The van der Waals surface area contributed by atoms with Crippen molar-refractivity contribution in [1.82, 2.24) is 14.6 Å². The quantitative estimate of drug-likeness (QED) is 0.270. The highest BCUT2D eigenvalue weighted by Crippen LogP contribution is 2.37. The van der Waals surface area contributed by atoms with Crippen LogP contribution in [0.1, 0.15) is 18.4 Å². The first-order valence-electron chi connectivity index (χ1n) is 11.3. The number of nitrogens with zero attached hydrogens (tertiary/aromatic N) is 3. The zero-order valence-corrected chi connectivity index (χ0v) is 20.6. The highest BCUT2D eigenvalue weighted by Gasteiger charge is 2.27. The minimum absolute atomic E-state index is 0.215. The number of methoxy groups -OCH3 is 1. The molecule has 4 aromatic rings. The van der Waals surface area contributed by atoms with Gasteiger partial charge in [-0.3, -0.25) is 0 Å². The van der Waals surface area contributed by atoms with Crippen LogP contribution in [-0.2, 0) is 16.0 Å². The maximum atomic E-state index is 13.4. The minimum atomic E-state index is -0.958. The molecular weight excluding hydrogens is 517 g/mol. The van der Waals surface area contributed by atoms with Crippen LogP contribution in [0.15, 0.2) is 65.5 Å². The van der Waals surface area contributed by atoms with Gasteiger partial charge in [0.1, 0.15) is 23.4 Å². The zero-order chi connectivity index (χ0) is 24.4. The van der Waals surface area contributed by atoms with Gasteiger partial charge in [-0.15, -0.1) is 0 Å². The van der Waals surface area contributed by atoms with E-state index < -0.39 is 12.1 Å². The molecule has 180 valence electrons. The molecule has 35 heavy (non-hydrogen) atoms. The van der Waals surface area contributed by atoms with Crippen LogP contribution in [0.4, 0.5) is 4.39 Å². The Hall–Kier alpha value is -3.46. The van der Waals surface area contributed by atoms with Crippen LogP contribution in [0, 0.1) is 11.7 Å². The molecule has 0 amide bonds. The smallest absolute Gasteiger partial charge is 0.347 e. The standard InChI is InChI=1S/C26H23BrFN3O4/c1-33-26(32)22(12-18-4-2-3-5-21(18)34-14-16-6-7-16)35-25-24-23(27)20(13-31(24)30-15-29-25)17-8-10-19(28)11-9-17/h2-5,8-11,13,15-16,22H,6-7,12,14H2,1H3. The van der Waals surface area contributed by atoms with Crippen molar-refractivity contribution in [2.75, 3.05) is 13.7 Å². The summed E-state index contributed by atoms with van der Waals surface area (Å²) in [5, 5.41) is 4.27. The Bertz CT molecular complexity index is 1350. The number of esters is 1. The van der Waals surface area contributed by atoms with Gasteiger partial charge in [0.25, 0.3) is 0 Å². The Kier molecular flexibility index (Phi) is 6.68. The molecule has 0 spiro atoms. The van der Waals surface area contributed by atoms with Crippen LogP contribution in [0.2, 0.25) is 0 Å². The third-order valence-corrected chi connectivity index (χ3v) is 6.70. The lowest BCUT2D eigenvalue weighted by Crippen LogP contribution is -2.31. The molecule has 0 aliphatic heterocycles. The molecule has 0 saturated heterocycles. The molecule has 1 atom stereocenters. The number of ether oxygens (including phenoxy) is 3. The van der Waals surface area contributed by atoms with Crippen molar-refractivity contribution in [3.63, 3.8) is 0 Å². The summed E-state index contributed by atoms with van der Waals surface area (Å²) in [4.78, 5) is 17.0. The lowest BCUT2D eigenvalue weighted by atomic mass is 10.1. The molecule has 9 heteroatoms. The molecule has 5 rings (SSSR count). The Labute approximate surface area is 210 Å². The van der Waals surface area contributed by atoms with E-state index in [-0.39, 0.29) is 18.1 Å². The van der Waals surface area contributed by atoms with Crippen molar-refractivity contribution in [2.24, 2.45) is 5.92 Å². The lowest BCUT2D eigenvalue weighted by molar-refractivity contribution is -0.148. The topological polar surface area (TPSA) is 75.0 Å². The zero-order valence-electron chi connectivity index (χ0n) is 19.0. The second-order valence-corrected chi connectivity index (χ2v) is 9.21. The molecule has 0 bridgehead atoms. The number of hydrogen-bond acceptors (Lipinski definition) is 6. The molecule has 2 aromatic carbocycles. The van der Waals surface area contributed by atoms with Gasteiger partial charge in [0.15, 0.2) is 0 Å². The number of hydrogen-bond donors (Lipinski definition) is 0. The number of carbonyl (C=O) groups excluding carboxylic acids is 1. The summed E-state index contributed by atoms with van der Waals surface area (Å²) >= 11 is 3.61. The Balaban J connectivity index is 1.45. The number of fused-ring (bicyclic) bond motifs is 1. The summed E-state index contributed by atoms with van der Waals surface area (Å²) < 4.78 is 32.8. The van der Waals surface area contributed by atoms with Gasteiger partial charge < -0.3 is 14.2 Å². The normalized spacial score (nSPS) is 14.0. The van der Waals surface area contributed by atoms with E-state index in [1.54, 1.807) is 22.8 Å². The fraction of sp³-hybridized carbons (Fsp3) is 0.269. The first-order chi connectivity index (χ1) is 17.0. The molecule has 2 heterocycles. The van der Waals surface area contributed by atoms with Crippen LogP contribution in [0.25, 0.3) is 16.6 Å². The summed E-state index contributed by atoms with van der Waals surface area (Å²) in [5.41, 5.74) is 2.96. The van der Waals surface area contributed by atoms with Gasteiger partial charge in [-0.2, -0.15) is 10.1 Å². The summed E-state index contributed by atoms with van der Waals surface area (Å²) in [6.45, 7) is 0.663. The summed E-state index contributed by atoms with van der Waals surface area (Å²) in [5.74, 6) is 0.700. The predicted molar refractivity (Wildman–Crippen MR) is 131 cm³/mol. The van der Waals surface area contributed by atoms with Crippen molar-refractivity contribution >= 4 is 27.4 Å². The van der Waals surface area contributed by atoms with E-state index in [9.17, 15) is 9.18 Å². The van der Waals surface area contributed by atoms with Gasteiger partial charge in [-0.1, -0.05) is 30.3 Å². The second kappa shape index (κ2) is 10.0. The highest BCUT2D eigenvalue weighted by atomic mass is 79.9. The van der Waals surface area contributed by atoms with Crippen molar-refractivity contribution < 1.29 is 23.4 Å². The van der Waals surface area contributed by atoms with E-state index in [2.05, 4.69) is 26.0 Å². The van der Waals surface area contributed by atoms with Crippen LogP contribution in [-0.4, -0.2) is 40.4 Å². The van der Waals surface area contributed by atoms with Crippen LogP contribution in [0.3, 0.4) is 0 Å². The van der Waals surface area contributed by atoms with Gasteiger partial charge in [-0.05, 0) is 64.0 Å². The van der Waals surface area contributed by atoms with E-state index in [1.165, 1.54) is 38.4 Å². The first kappa shape index (κ1) is 23.3. The van der Waals surface area contributed by atoms with Crippen molar-refractivity contribution in [3.8, 4) is 22.8 Å². The number of carbonyl (C=O) groups is 1. The minimum Gasteiger partial charge on any atom is -0.493 e. The van der Waals surface area contributed by atoms with Gasteiger partial charge in [0.05, 0.1) is 18.2 Å². The van der Waals surface area contributed by atoms with Gasteiger partial charge in [0.2, 0.25) is 12.0 Å². The SMILES string of the molecule is COC(=O)C(Cc1ccccc1OCC1CC1)Oc1ncnn2cc(-c3ccc(F)cc3)c(Br)c12. The van der Waals surface area contributed by atoms with Gasteiger partial charge in [-0.25, -0.2) is 13.7 Å². The van der Waals surface area contributed by atoms with E-state index in [4.69, 9.17) is 14.2 Å². The third-order valence-electron chi connectivity index (χ3n) is 5.90. The third kappa shape index (κ3) is 5.14. The van der Waals surface area contributed by atoms with E-state index in [1.807, 2.05) is 24.3 Å². The summed E-state index contributed by atoms with van der Waals surface area (Å²) in [6, 6.07) is 13.8. The highest BCUT2D eigenvalue weighted by molar-refractivity contribution is 9.10. The monoisotopic (exact) mass is 539 g/mol. The lowest BCUT2D eigenvalue weighted by Gasteiger charge is -2.19. The molecular formula is C26H23BrFN3O4. The summed E-state index contributed by atoms with van der Waals surface area (Å²) in [7, 11) is 1.32. The van der Waals surface area contributed by atoms with Gasteiger partial charge >= 0.3 is 5.97 Å². The average molecular weight is 540 g/mol. The number of halogens is 2. The Morgan fingerprint density at radius 3 is 2.71 bits per heavy atom. The van der Waals surface area contributed by atoms with E-state index >= 15 is 0 Å².